The highest BCUT2D eigenvalue weighted by atomic mass is 79.9. The molecule has 0 saturated carbocycles. The van der Waals surface area contributed by atoms with Gasteiger partial charge in [-0.1, -0.05) is 13.8 Å². The Labute approximate surface area is 99.1 Å². The number of aryl methyl sites for hydroxylation is 1. The molecule has 0 radical (unpaired) electrons. The normalized spacial score (nSPS) is 12.9. The Morgan fingerprint density at radius 3 is 2.73 bits per heavy atom. The smallest absolute Gasteiger partial charge is 0.129 e. The molecular weight excluding hydrogens is 256 g/mol. The van der Waals surface area contributed by atoms with Gasteiger partial charge in [-0.15, -0.1) is 0 Å². The molecule has 0 bridgehead atoms. The molecule has 3 nitrogen and oxygen atoms in total. The molecule has 0 saturated heterocycles. The molecule has 1 unspecified atom stereocenters. The number of pyridine rings is 1. The second-order valence-electron chi connectivity index (χ2n) is 4.01. The van der Waals surface area contributed by atoms with E-state index >= 15 is 0 Å². The number of anilines is 1. The van der Waals surface area contributed by atoms with Crippen LogP contribution in [0, 0.1) is 12.8 Å². The molecule has 0 fully saturated rings. The minimum Gasteiger partial charge on any atom is -0.391 e. The highest BCUT2D eigenvalue weighted by molar-refractivity contribution is 9.10. The first-order valence-corrected chi connectivity index (χ1v) is 5.84. The Morgan fingerprint density at radius 1 is 1.53 bits per heavy atom. The van der Waals surface area contributed by atoms with Crippen molar-refractivity contribution in [2.24, 2.45) is 5.92 Å². The quantitative estimate of drug-likeness (QED) is 0.886. The Morgan fingerprint density at radius 2 is 2.20 bits per heavy atom. The molecule has 4 heteroatoms. The van der Waals surface area contributed by atoms with Crippen LogP contribution in [0.4, 0.5) is 5.82 Å². The minimum absolute atomic E-state index is 0.258. The van der Waals surface area contributed by atoms with Gasteiger partial charge in [0.05, 0.1) is 6.10 Å². The third-order valence-electron chi connectivity index (χ3n) is 2.29. The number of aliphatic hydroxyl groups excluding tert-OH is 1. The van der Waals surface area contributed by atoms with Gasteiger partial charge in [0.2, 0.25) is 0 Å². The number of halogens is 1. The Hall–Kier alpha value is -0.610. The van der Waals surface area contributed by atoms with Crippen LogP contribution in [0.1, 0.15) is 19.4 Å². The van der Waals surface area contributed by atoms with E-state index in [0.29, 0.717) is 6.54 Å². The first-order chi connectivity index (χ1) is 7.00. The summed E-state index contributed by atoms with van der Waals surface area (Å²) in [6.07, 6.45) is 1.41. The van der Waals surface area contributed by atoms with Crippen molar-refractivity contribution in [3.8, 4) is 0 Å². The maximum absolute atomic E-state index is 9.63. The fourth-order valence-corrected chi connectivity index (χ4v) is 1.61. The lowest BCUT2D eigenvalue weighted by Gasteiger charge is -2.16. The molecule has 1 atom stereocenters. The van der Waals surface area contributed by atoms with Gasteiger partial charge in [0.25, 0.3) is 0 Å². The van der Waals surface area contributed by atoms with Crippen LogP contribution in [-0.4, -0.2) is 22.7 Å². The lowest BCUT2D eigenvalue weighted by Crippen LogP contribution is -2.25. The second-order valence-corrected chi connectivity index (χ2v) is 4.93. The summed E-state index contributed by atoms with van der Waals surface area (Å²) in [5.41, 5.74) is 1.07. The second kappa shape index (κ2) is 5.47. The molecule has 15 heavy (non-hydrogen) atoms. The van der Waals surface area contributed by atoms with Crippen molar-refractivity contribution in [1.29, 1.82) is 0 Å². The summed E-state index contributed by atoms with van der Waals surface area (Å²) < 4.78 is 0.968. The Kier molecular flexibility index (Phi) is 4.54. The third kappa shape index (κ3) is 3.80. The average Bonchev–Trinajstić information content (AvgIpc) is 2.15. The first kappa shape index (κ1) is 12.5. The van der Waals surface area contributed by atoms with Gasteiger partial charge in [0, 0.05) is 17.2 Å². The van der Waals surface area contributed by atoms with Crippen LogP contribution >= 0.6 is 15.9 Å². The van der Waals surface area contributed by atoms with Crippen molar-refractivity contribution in [2.75, 3.05) is 11.9 Å². The van der Waals surface area contributed by atoms with Crippen LogP contribution in [0.5, 0.6) is 0 Å². The zero-order valence-electron chi connectivity index (χ0n) is 9.29. The summed E-state index contributed by atoms with van der Waals surface area (Å²) in [5.74, 6) is 1.09. The van der Waals surface area contributed by atoms with E-state index in [-0.39, 0.29) is 12.0 Å². The predicted molar refractivity (Wildman–Crippen MR) is 66.0 cm³/mol. The molecule has 84 valence electrons. The van der Waals surface area contributed by atoms with E-state index in [2.05, 4.69) is 26.2 Å². The van der Waals surface area contributed by atoms with E-state index in [1.54, 1.807) is 6.20 Å². The lowest BCUT2D eigenvalue weighted by molar-refractivity contribution is 0.138. The number of aromatic nitrogens is 1. The molecule has 0 amide bonds. The summed E-state index contributed by atoms with van der Waals surface area (Å²) in [5, 5.41) is 12.8. The molecular formula is C11H17BrN2O. The Bertz CT molecular complexity index is 328. The number of aliphatic hydroxyl groups is 1. The topological polar surface area (TPSA) is 45.2 Å². The van der Waals surface area contributed by atoms with Crippen molar-refractivity contribution in [1.82, 2.24) is 4.98 Å². The van der Waals surface area contributed by atoms with Gasteiger partial charge in [-0.05, 0) is 40.4 Å². The van der Waals surface area contributed by atoms with Crippen LogP contribution < -0.4 is 5.32 Å². The van der Waals surface area contributed by atoms with Gasteiger partial charge in [0.15, 0.2) is 0 Å². The number of hydrogen-bond donors (Lipinski definition) is 2. The molecule has 1 heterocycles. The third-order valence-corrected chi connectivity index (χ3v) is 2.73. The summed E-state index contributed by atoms with van der Waals surface area (Å²) in [4.78, 5) is 4.24. The van der Waals surface area contributed by atoms with Gasteiger partial charge in [-0.3, -0.25) is 0 Å². The maximum Gasteiger partial charge on any atom is 0.129 e. The molecule has 2 N–H and O–H groups in total. The van der Waals surface area contributed by atoms with E-state index in [1.807, 2.05) is 26.8 Å². The van der Waals surface area contributed by atoms with Crippen molar-refractivity contribution in [3.63, 3.8) is 0 Å². The van der Waals surface area contributed by atoms with Gasteiger partial charge < -0.3 is 10.4 Å². The largest absolute Gasteiger partial charge is 0.391 e. The van der Waals surface area contributed by atoms with Crippen LogP contribution in [0.3, 0.4) is 0 Å². The SMILES string of the molecule is Cc1cc(Br)cnc1NCC(O)C(C)C. The maximum atomic E-state index is 9.63. The number of nitrogens with zero attached hydrogens (tertiary/aromatic N) is 1. The zero-order chi connectivity index (χ0) is 11.4. The van der Waals surface area contributed by atoms with Crippen molar-refractivity contribution in [3.05, 3.63) is 22.3 Å². The van der Waals surface area contributed by atoms with E-state index < -0.39 is 0 Å². The van der Waals surface area contributed by atoms with Gasteiger partial charge >= 0.3 is 0 Å². The highest BCUT2D eigenvalue weighted by Crippen LogP contribution is 2.16. The molecule has 1 aromatic rings. The fraction of sp³-hybridized carbons (Fsp3) is 0.545. The monoisotopic (exact) mass is 272 g/mol. The van der Waals surface area contributed by atoms with E-state index in [1.165, 1.54) is 0 Å². The van der Waals surface area contributed by atoms with Crippen molar-refractivity contribution >= 4 is 21.7 Å². The zero-order valence-corrected chi connectivity index (χ0v) is 10.9. The molecule has 0 spiro atoms. The predicted octanol–water partition coefficient (Wildman–Crippen LogP) is 2.58. The van der Waals surface area contributed by atoms with Crippen LogP contribution in [0.25, 0.3) is 0 Å². The average molecular weight is 273 g/mol. The Balaban J connectivity index is 2.58. The van der Waals surface area contributed by atoms with Crippen LogP contribution in [-0.2, 0) is 0 Å². The summed E-state index contributed by atoms with van der Waals surface area (Å²) in [6.45, 7) is 6.51. The summed E-state index contributed by atoms with van der Waals surface area (Å²) >= 11 is 3.36. The van der Waals surface area contributed by atoms with Crippen molar-refractivity contribution < 1.29 is 5.11 Å². The lowest BCUT2D eigenvalue weighted by atomic mass is 10.1. The summed E-state index contributed by atoms with van der Waals surface area (Å²) in [6, 6.07) is 2.00. The van der Waals surface area contributed by atoms with Gasteiger partial charge in [0.1, 0.15) is 5.82 Å². The van der Waals surface area contributed by atoms with Crippen LogP contribution in [0.15, 0.2) is 16.7 Å². The van der Waals surface area contributed by atoms with Gasteiger partial charge in [-0.25, -0.2) is 4.98 Å². The molecule has 0 aromatic carbocycles. The molecule has 0 aliphatic rings. The van der Waals surface area contributed by atoms with Crippen molar-refractivity contribution in [2.45, 2.75) is 26.9 Å². The fourth-order valence-electron chi connectivity index (χ4n) is 1.16. The molecule has 0 aliphatic carbocycles. The highest BCUT2D eigenvalue weighted by Gasteiger charge is 2.09. The van der Waals surface area contributed by atoms with Gasteiger partial charge in [-0.2, -0.15) is 0 Å². The van der Waals surface area contributed by atoms with Crippen LogP contribution in [0.2, 0.25) is 0 Å². The molecule has 0 aliphatic heterocycles. The molecule has 1 aromatic heterocycles. The summed E-state index contributed by atoms with van der Waals surface area (Å²) in [7, 11) is 0. The number of hydrogen-bond acceptors (Lipinski definition) is 3. The van der Waals surface area contributed by atoms with E-state index in [4.69, 9.17) is 0 Å². The van der Waals surface area contributed by atoms with E-state index in [9.17, 15) is 5.11 Å². The minimum atomic E-state index is -0.338. The number of rotatable bonds is 4. The first-order valence-electron chi connectivity index (χ1n) is 5.04. The number of nitrogens with one attached hydrogen (secondary N) is 1. The van der Waals surface area contributed by atoms with E-state index in [0.717, 1.165) is 15.9 Å². The molecule has 1 rings (SSSR count). The standard InChI is InChI=1S/C11H17BrN2O/c1-7(2)10(15)6-14-11-8(3)4-9(12)5-13-11/h4-5,7,10,15H,6H2,1-3H3,(H,13,14).